The molecule has 1 fully saturated rings. The van der Waals surface area contributed by atoms with Crippen LogP contribution in [0.4, 0.5) is 0 Å². The van der Waals surface area contributed by atoms with Gasteiger partial charge in [0.15, 0.2) is 5.96 Å². The standard InChI is InChI=1S/C22H38N4OS.HI/c1-6-17-11-13-18(14-12-17)21(26(4)5)16-24-22(23-3)25-19-9-8-10-20(15-19)28(27)7-2;/h11-14,19-21H,6-10,15-16H2,1-5H3,(H2,23,24,25);1H. The second kappa shape index (κ2) is 13.6. The summed E-state index contributed by atoms with van der Waals surface area (Å²) in [6.07, 6.45) is 5.37. The van der Waals surface area contributed by atoms with Crippen molar-refractivity contribution in [1.29, 1.82) is 0 Å². The molecule has 1 aliphatic carbocycles. The third-order valence-electron chi connectivity index (χ3n) is 5.71. The third-order valence-corrected chi connectivity index (χ3v) is 7.45. The van der Waals surface area contributed by atoms with E-state index in [-0.39, 0.29) is 30.0 Å². The molecular formula is C22H39IN4OS. The molecule has 1 aliphatic rings. The monoisotopic (exact) mass is 534 g/mol. The second-order valence-corrected chi connectivity index (χ2v) is 9.83. The third kappa shape index (κ3) is 8.17. The van der Waals surface area contributed by atoms with Gasteiger partial charge >= 0.3 is 0 Å². The summed E-state index contributed by atoms with van der Waals surface area (Å²) >= 11 is 0. The van der Waals surface area contributed by atoms with E-state index < -0.39 is 10.8 Å². The van der Waals surface area contributed by atoms with Gasteiger partial charge in [0.05, 0.1) is 6.04 Å². The van der Waals surface area contributed by atoms with Crippen molar-refractivity contribution < 1.29 is 4.21 Å². The van der Waals surface area contributed by atoms with E-state index in [0.717, 1.165) is 50.4 Å². The number of hydrogen-bond donors (Lipinski definition) is 2. The highest BCUT2D eigenvalue weighted by molar-refractivity contribution is 14.0. The fourth-order valence-electron chi connectivity index (χ4n) is 3.91. The Labute approximate surface area is 197 Å². The molecule has 7 heteroatoms. The molecule has 1 aromatic rings. The minimum Gasteiger partial charge on any atom is -0.354 e. The van der Waals surface area contributed by atoms with Crippen molar-refractivity contribution in [2.45, 2.75) is 63.3 Å². The lowest BCUT2D eigenvalue weighted by atomic mass is 9.95. The predicted octanol–water partition coefficient (Wildman–Crippen LogP) is 3.71. The minimum atomic E-state index is -0.703. The Kier molecular flexibility index (Phi) is 12.4. The predicted molar refractivity (Wildman–Crippen MR) is 137 cm³/mol. The average molecular weight is 535 g/mol. The minimum absolute atomic E-state index is 0. The molecule has 0 aliphatic heterocycles. The fourth-order valence-corrected chi connectivity index (χ4v) is 5.25. The van der Waals surface area contributed by atoms with Gasteiger partial charge in [0.2, 0.25) is 0 Å². The summed E-state index contributed by atoms with van der Waals surface area (Å²) in [4.78, 5) is 6.66. The van der Waals surface area contributed by atoms with Crippen LogP contribution in [0.1, 0.15) is 56.7 Å². The summed E-state index contributed by atoms with van der Waals surface area (Å²) in [6.45, 7) is 4.98. The van der Waals surface area contributed by atoms with Gasteiger partial charge in [-0.25, -0.2) is 0 Å². The number of aryl methyl sites for hydroxylation is 1. The van der Waals surface area contributed by atoms with Gasteiger partial charge in [-0.3, -0.25) is 9.20 Å². The number of hydrogen-bond acceptors (Lipinski definition) is 3. The SMILES string of the molecule is CCc1ccc(C(CNC(=NC)NC2CCCC(S(=O)CC)C2)N(C)C)cc1.I. The lowest BCUT2D eigenvalue weighted by molar-refractivity contribution is 0.297. The molecule has 4 unspecified atom stereocenters. The molecule has 1 aromatic carbocycles. The Morgan fingerprint density at radius 1 is 1.24 bits per heavy atom. The van der Waals surface area contributed by atoms with Crippen LogP contribution in [0, 0.1) is 0 Å². The molecule has 0 radical (unpaired) electrons. The zero-order chi connectivity index (χ0) is 20.5. The van der Waals surface area contributed by atoms with Crippen molar-refractivity contribution in [1.82, 2.24) is 15.5 Å². The molecule has 4 atom stereocenters. The number of nitrogens with zero attached hydrogens (tertiary/aromatic N) is 2. The van der Waals surface area contributed by atoms with E-state index in [9.17, 15) is 4.21 Å². The number of benzene rings is 1. The molecule has 2 rings (SSSR count). The molecule has 0 spiro atoms. The maximum Gasteiger partial charge on any atom is 0.191 e. The molecular weight excluding hydrogens is 495 g/mol. The van der Waals surface area contributed by atoms with Gasteiger partial charge in [-0.05, 0) is 50.9 Å². The zero-order valence-electron chi connectivity index (χ0n) is 18.6. The van der Waals surface area contributed by atoms with Crippen LogP contribution in [0.3, 0.4) is 0 Å². The number of aliphatic imine (C=N–C) groups is 1. The first-order chi connectivity index (χ1) is 13.5. The number of guanidine groups is 1. The normalized spacial score (nSPS) is 21.9. The Balaban J connectivity index is 0.00000420. The van der Waals surface area contributed by atoms with Crippen LogP contribution in [-0.2, 0) is 17.2 Å². The highest BCUT2D eigenvalue weighted by atomic mass is 127. The molecule has 0 saturated heterocycles. The topological polar surface area (TPSA) is 56.7 Å². The van der Waals surface area contributed by atoms with Crippen molar-refractivity contribution in [3.63, 3.8) is 0 Å². The van der Waals surface area contributed by atoms with Crippen molar-refractivity contribution in [3.05, 3.63) is 35.4 Å². The van der Waals surface area contributed by atoms with Gasteiger partial charge in [0.1, 0.15) is 0 Å². The first-order valence-electron chi connectivity index (χ1n) is 10.6. The lowest BCUT2D eigenvalue weighted by Crippen LogP contribution is -2.48. The van der Waals surface area contributed by atoms with Crippen LogP contribution in [0.5, 0.6) is 0 Å². The van der Waals surface area contributed by atoms with Crippen LogP contribution in [0.25, 0.3) is 0 Å². The Morgan fingerprint density at radius 3 is 2.48 bits per heavy atom. The molecule has 2 N–H and O–H groups in total. The van der Waals surface area contributed by atoms with Crippen LogP contribution < -0.4 is 10.6 Å². The zero-order valence-corrected chi connectivity index (χ0v) is 21.8. The van der Waals surface area contributed by atoms with Crippen molar-refractivity contribution in [3.8, 4) is 0 Å². The summed E-state index contributed by atoms with van der Waals surface area (Å²) in [5.74, 6) is 1.59. The number of halogens is 1. The molecule has 0 heterocycles. The highest BCUT2D eigenvalue weighted by Gasteiger charge is 2.26. The second-order valence-electron chi connectivity index (χ2n) is 7.83. The van der Waals surface area contributed by atoms with E-state index in [2.05, 4.69) is 65.8 Å². The van der Waals surface area contributed by atoms with Gasteiger partial charge < -0.3 is 15.5 Å². The van der Waals surface area contributed by atoms with E-state index in [1.54, 1.807) is 0 Å². The van der Waals surface area contributed by atoms with Crippen molar-refractivity contribution in [2.24, 2.45) is 4.99 Å². The molecule has 0 bridgehead atoms. The largest absolute Gasteiger partial charge is 0.354 e. The molecule has 0 amide bonds. The smallest absolute Gasteiger partial charge is 0.191 e. The van der Waals surface area contributed by atoms with E-state index in [0.29, 0.717) is 11.3 Å². The molecule has 0 aromatic heterocycles. The highest BCUT2D eigenvalue weighted by Crippen LogP contribution is 2.23. The number of rotatable bonds is 8. The van der Waals surface area contributed by atoms with Gasteiger partial charge in [-0.2, -0.15) is 0 Å². The van der Waals surface area contributed by atoms with E-state index in [1.807, 2.05) is 14.0 Å². The maximum atomic E-state index is 12.2. The quantitative estimate of drug-likeness (QED) is 0.304. The van der Waals surface area contributed by atoms with Gasteiger partial charge in [-0.15, -0.1) is 24.0 Å². The first kappa shape index (κ1) is 26.4. The molecule has 29 heavy (non-hydrogen) atoms. The Morgan fingerprint density at radius 2 is 1.93 bits per heavy atom. The van der Waals surface area contributed by atoms with Crippen LogP contribution in [0.15, 0.2) is 29.3 Å². The van der Waals surface area contributed by atoms with E-state index >= 15 is 0 Å². The summed E-state index contributed by atoms with van der Waals surface area (Å²) in [5, 5.41) is 7.39. The van der Waals surface area contributed by atoms with Crippen LogP contribution >= 0.6 is 24.0 Å². The lowest BCUT2D eigenvalue weighted by Gasteiger charge is -2.31. The van der Waals surface area contributed by atoms with Crippen molar-refractivity contribution >= 4 is 40.7 Å². The average Bonchev–Trinajstić information content (AvgIpc) is 2.72. The Hall–Kier alpha value is -0.670. The summed E-state index contributed by atoms with van der Waals surface area (Å²) in [6, 6.07) is 9.52. The molecule has 5 nitrogen and oxygen atoms in total. The Bertz CT molecular complexity index is 651. The molecule has 166 valence electrons. The van der Waals surface area contributed by atoms with Crippen LogP contribution in [0.2, 0.25) is 0 Å². The summed E-state index contributed by atoms with van der Waals surface area (Å²) in [5.41, 5.74) is 2.67. The van der Waals surface area contributed by atoms with Gasteiger partial charge in [0, 0.05) is 41.4 Å². The van der Waals surface area contributed by atoms with E-state index in [1.165, 1.54) is 11.1 Å². The summed E-state index contributed by atoms with van der Waals surface area (Å²) < 4.78 is 12.2. The first-order valence-corrected chi connectivity index (χ1v) is 12.0. The fraction of sp³-hybridized carbons (Fsp3) is 0.682. The molecule has 1 saturated carbocycles. The van der Waals surface area contributed by atoms with Crippen LogP contribution in [-0.4, -0.2) is 59.8 Å². The number of nitrogens with one attached hydrogen (secondary N) is 2. The van der Waals surface area contributed by atoms with Gasteiger partial charge in [0.25, 0.3) is 0 Å². The van der Waals surface area contributed by atoms with Crippen molar-refractivity contribution in [2.75, 3.05) is 33.4 Å². The summed E-state index contributed by atoms with van der Waals surface area (Å²) in [7, 11) is 5.34. The maximum absolute atomic E-state index is 12.2. The van der Waals surface area contributed by atoms with E-state index in [4.69, 9.17) is 0 Å². The number of likely N-dealkylation sites (N-methyl/N-ethyl adjacent to an activating group) is 1. The van der Waals surface area contributed by atoms with Gasteiger partial charge in [-0.1, -0.05) is 44.5 Å².